The number of amides is 4. The van der Waals surface area contributed by atoms with Crippen molar-refractivity contribution in [3.8, 4) is 11.5 Å². The van der Waals surface area contributed by atoms with Crippen molar-refractivity contribution in [3.63, 3.8) is 0 Å². The number of aliphatic imine (C=N–C) groups is 1. The Hall–Kier alpha value is -5.70. The van der Waals surface area contributed by atoms with Gasteiger partial charge in [-0.3, -0.25) is 14.6 Å². The minimum Gasteiger partial charge on any atom is -0.497 e. The molecule has 0 saturated carbocycles. The number of carbonyl (C=O) groups is 3. The van der Waals surface area contributed by atoms with E-state index in [0.29, 0.717) is 29.1 Å². The number of methoxy groups -OCH3 is 2. The molecule has 1 saturated heterocycles. The summed E-state index contributed by atoms with van der Waals surface area (Å²) in [4.78, 5) is 52.6. The van der Waals surface area contributed by atoms with Crippen LogP contribution in [-0.2, 0) is 16.0 Å². The van der Waals surface area contributed by atoms with Gasteiger partial charge in [0.2, 0.25) is 0 Å². The minimum atomic E-state index is -1.37. The van der Waals surface area contributed by atoms with Crippen LogP contribution >= 0.6 is 0 Å². The van der Waals surface area contributed by atoms with Gasteiger partial charge in [0.05, 0.1) is 31.3 Å². The number of anilines is 2. The van der Waals surface area contributed by atoms with E-state index in [-0.39, 0.29) is 12.3 Å². The van der Waals surface area contributed by atoms with Crippen molar-refractivity contribution in [2.45, 2.75) is 6.42 Å². The minimum absolute atomic E-state index is 0.273. The summed E-state index contributed by atoms with van der Waals surface area (Å²) in [6.07, 6.45) is 2.46. The van der Waals surface area contributed by atoms with E-state index >= 15 is 0 Å². The maximum Gasteiger partial charge on any atom is 0.342 e. The van der Waals surface area contributed by atoms with E-state index in [1.807, 2.05) is 24.4 Å². The maximum atomic E-state index is 14.2. The first kappa shape index (κ1) is 28.4. The molecule has 9 heteroatoms. The van der Waals surface area contributed by atoms with Gasteiger partial charge in [-0.2, -0.15) is 0 Å². The number of fused-ring (bicyclic) bond motifs is 1. The lowest BCUT2D eigenvalue weighted by Gasteiger charge is -2.37. The lowest BCUT2D eigenvalue weighted by Crippen LogP contribution is -2.62. The number of carbonyl (C=O) groups excluding carboxylic acids is 3. The van der Waals surface area contributed by atoms with Crippen molar-refractivity contribution in [2.24, 2.45) is 10.9 Å². The maximum absolute atomic E-state index is 14.2. The SMILES string of the molecule is COc1ccc(C(=NCCc2c[nH]c3ccc(OC)cc23)C2C(=O)N(c3ccccc3)C(=O)N(c3ccccc3)C2=O)cc1. The molecule has 0 aliphatic carbocycles. The molecule has 0 atom stereocenters. The van der Waals surface area contributed by atoms with Gasteiger partial charge in [0.1, 0.15) is 11.5 Å². The molecule has 2 heterocycles. The molecular weight excluding hydrogens is 556 g/mol. The number of urea groups is 1. The van der Waals surface area contributed by atoms with Crippen LogP contribution in [0.1, 0.15) is 11.1 Å². The zero-order valence-corrected chi connectivity index (χ0v) is 24.3. The van der Waals surface area contributed by atoms with Crippen molar-refractivity contribution >= 4 is 45.8 Å². The summed E-state index contributed by atoms with van der Waals surface area (Å²) in [5.41, 5.74) is 3.56. The van der Waals surface area contributed by atoms with Crippen LogP contribution in [0.2, 0.25) is 0 Å². The molecule has 0 bridgehead atoms. The average molecular weight is 587 g/mol. The summed E-state index contributed by atoms with van der Waals surface area (Å²) in [5.74, 6) is -1.33. The van der Waals surface area contributed by atoms with Crippen LogP contribution in [0.3, 0.4) is 0 Å². The normalized spacial score (nSPS) is 14.4. The number of barbiturate groups is 1. The van der Waals surface area contributed by atoms with E-state index in [4.69, 9.17) is 14.5 Å². The molecule has 0 radical (unpaired) electrons. The van der Waals surface area contributed by atoms with Gasteiger partial charge in [0.15, 0.2) is 5.92 Å². The van der Waals surface area contributed by atoms with Crippen LogP contribution in [0.25, 0.3) is 10.9 Å². The molecule has 1 aliphatic rings. The molecule has 9 nitrogen and oxygen atoms in total. The fourth-order valence-electron chi connectivity index (χ4n) is 5.41. The predicted molar refractivity (Wildman–Crippen MR) is 170 cm³/mol. The Labute approximate surface area is 254 Å². The van der Waals surface area contributed by atoms with E-state index in [0.717, 1.165) is 32.0 Å². The molecule has 5 aromatic rings. The van der Waals surface area contributed by atoms with Crippen LogP contribution < -0.4 is 19.3 Å². The average Bonchev–Trinajstić information content (AvgIpc) is 3.47. The number of ether oxygens (including phenoxy) is 2. The Kier molecular flexibility index (Phi) is 7.92. The van der Waals surface area contributed by atoms with Crippen molar-refractivity contribution in [2.75, 3.05) is 30.6 Å². The van der Waals surface area contributed by atoms with Crippen LogP contribution in [-0.4, -0.2) is 49.3 Å². The zero-order valence-electron chi connectivity index (χ0n) is 24.3. The first-order chi connectivity index (χ1) is 21.5. The quantitative estimate of drug-likeness (QED) is 0.168. The highest BCUT2D eigenvalue weighted by Crippen LogP contribution is 2.31. The number of nitrogens with zero attached hydrogens (tertiary/aromatic N) is 3. The second-order valence-electron chi connectivity index (χ2n) is 10.2. The predicted octanol–water partition coefficient (Wildman–Crippen LogP) is 6.03. The molecule has 1 N–H and O–H groups in total. The number of hydrogen-bond donors (Lipinski definition) is 1. The summed E-state index contributed by atoms with van der Waals surface area (Å²) in [7, 11) is 3.19. The van der Waals surface area contributed by atoms with Crippen molar-refractivity contribution < 1.29 is 23.9 Å². The summed E-state index contributed by atoms with van der Waals surface area (Å²) in [6.45, 7) is 0.285. The third-order valence-corrected chi connectivity index (χ3v) is 7.64. The van der Waals surface area contributed by atoms with Gasteiger partial charge < -0.3 is 14.5 Å². The number of benzene rings is 4. The first-order valence-electron chi connectivity index (χ1n) is 14.1. The number of nitrogens with one attached hydrogen (secondary N) is 1. The molecule has 0 spiro atoms. The number of aromatic nitrogens is 1. The molecule has 6 rings (SSSR count). The zero-order chi connectivity index (χ0) is 30.6. The summed E-state index contributed by atoms with van der Waals surface area (Å²) >= 11 is 0. The number of aromatic amines is 1. The van der Waals surface area contributed by atoms with Crippen molar-refractivity contribution in [1.82, 2.24) is 4.98 Å². The van der Waals surface area contributed by atoms with Gasteiger partial charge in [-0.15, -0.1) is 0 Å². The highest BCUT2D eigenvalue weighted by Gasteiger charge is 2.49. The van der Waals surface area contributed by atoms with E-state index < -0.39 is 23.8 Å². The highest BCUT2D eigenvalue weighted by molar-refractivity contribution is 6.43. The molecule has 1 aromatic heterocycles. The van der Waals surface area contributed by atoms with Gasteiger partial charge in [-0.1, -0.05) is 36.4 Å². The number of H-pyrrole nitrogens is 1. The molecule has 4 aromatic carbocycles. The Morgan fingerprint density at radius 1 is 0.750 bits per heavy atom. The Morgan fingerprint density at radius 3 is 1.89 bits per heavy atom. The second kappa shape index (κ2) is 12.3. The Morgan fingerprint density at radius 2 is 1.32 bits per heavy atom. The molecule has 0 unspecified atom stereocenters. The van der Waals surface area contributed by atoms with E-state index in [1.54, 1.807) is 99.1 Å². The number of imide groups is 2. The van der Waals surface area contributed by atoms with Crippen LogP contribution in [0.15, 0.2) is 114 Å². The number of rotatable bonds is 9. The van der Waals surface area contributed by atoms with Gasteiger partial charge in [0.25, 0.3) is 11.8 Å². The third kappa shape index (κ3) is 5.31. The van der Waals surface area contributed by atoms with Crippen LogP contribution in [0.5, 0.6) is 11.5 Å². The number of para-hydroxylation sites is 2. The molecule has 1 fully saturated rings. The fraction of sp³-hybridized carbons (Fsp3) is 0.143. The largest absolute Gasteiger partial charge is 0.497 e. The van der Waals surface area contributed by atoms with Gasteiger partial charge in [-0.25, -0.2) is 14.6 Å². The smallest absolute Gasteiger partial charge is 0.342 e. The Balaban J connectivity index is 1.44. The van der Waals surface area contributed by atoms with Gasteiger partial charge in [-0.05, 0) is 84.3 Å². The van der Waals surface area contributed by atoms with E-state index in [1.165, 1.54) is 0 Å². The third-order valence-electron chi connectivity index (χ3n) is 7.64. The van der Waals surface area contributed by atoms with Crippen molar-refractivity contribution in [3.05, 3.63) is 120 Å². The van der Waals surface area contributed by atoms with Crippen molar-refractivity contribution in [1.29, 1.82) is 0 Å². The van der Waals surface area contributed by atoms with Crippen LogP contribution in [0, 0.1) is 5.92 Å². The summed E-state index contributed by atoms with van der Waals surface area (Å²) < 4.78 is 10.7. The second-order valence-corrected chi connectivity index (χ2v) is 10.2. The fourth-order valence-corrected chi connectivity index (χ4v) is 5.41. The number of hydrogen-bond acceptors (Lipinski definition) is 6. The summed E-state index contributed by atoms with van der Waals surface area (Å²) in [6, 6.07) is 29.3. The van der Waals surface area contributed by atoms with E-state index in [2.05, 4.69) is 4.98 Å². The lowest BCUT2D eigenvalue weighted by molar-refractivity contribution is -0.129. The van der Waals surface area contributed by atoms with Crippen LogP contribution in [0.4, 0.5) is 16.2 Å². The standard InChI is InChI=1S/C35H30N4O5/c1-43-27-15-13-23(14-16-27)32(36-20-19-24-22-37-30-18-17-28(44-2)21-29(24)30)31-33(40)38(25-9-5-3-6-10-25)35(42)39(34(31)41)26-11-7-4-8-12-26/h3-18,21-22,31,37H,19-20H2,1-2H3. The topological polar surface area (TPSA) is 104 Å². The van der Waals surface area contributed by atoms with E-state index in [9.17, 15) is 14.4 Å². The lowest BCUT2D eigenvalue weighted by atomic mass is 9.91. The molecule has 1 aliphatic heterocycles. The first-order valence-corrected chi connectivity index (χ1v) is 14.1. The molecule has 44 heavy (non-hydrogen) atoms. The Bertz CT molecular complexity index is 1790. The molecular formula is C35H30N4O5. The summed E-state index contributed by atoms with van der Waals surface area (Å²) in [5, 5.41) is 1.01. The highest BCUT2D eigenvalue weighted by atomic mass is 16.5. The molecule has 4 amide bonds. The molecule has 220 valence electrons. The van der Waals surface area contributed by atoms with Gasteiger partial charge >= 0.3 is 6.03 Å². The van der Waals surface area contributed by atoms with Gasteiger partial charge in [0, 0.05) is 23.6 Å². The monoisotopic (exact) mass is 586 g/mol.